The molecule has 5 rings (SSSR count). The molecule has 0 bridgehead atoms. The van der Waals surface area contributed by atoms with E-state index in [1.807, 2.05) is 0 Å². The van der Waals surface area contributed by atoms with E-state index in [9.17, 15) is 0 Å². The maximum atomic E-state index is 5.74. The molecule has 3 heterocycles. The maximum Gasteiger partial charge on any atom is 0.150 e. The lowest BCUT2D eigenvalue weighted by atomic mass is 9.87. The Morgan fingerprint density at radius 2 is 1.86 bits per heavy atom. The van der Waals surface area contributed by atoms with Gasteiger partial charge < -0.3 is 9.26 Å². The Hall–Kier alpha value is -1.85. The second-order valence-electron chi connectivity index (χ2n) is 9.33. The summed E-state index contributed by atoms with van der Waals surface area (Å²) in [5, 5.41) is 4.42. The van der Waals surface area contributed by atoms with Crippen molar-refractivity contribution in [2.45, 2.75) is 50.6 Å². The van der Waals surface area contributed by atoms with Crippen LogP contribution in [0.3, 0.4) is 0 Å². The maximum absolute atomic E-state index is 5.74. The van der Waals surface area contributed by atoms with Gasteiger partial charge in [0.15, 0.2) is 5.76 Å². The molecule has 2 aromatic rings. The Kier molecular flexibility index (Phi) is 5.35. The summed E-state index contributed by atoms with van der Waals surface area (Å²) in [6.07, 6.45) is 6.60. The summed E-state index contributed by atoms with van der Waals surface area (Å²) in [6.45, 7) is 4.35. The molecule has 5 nitrogen and oxygen atoms in total. The number of hydrogen-bond donors (Lipinski definition) is 0. The van der Waals surface area contributed by atoms with Crippen LogP contribution in [0.1, 0.15) is 61.1 Å². The van der Waals surface area contributed by atoms with Crippen LogP contribution in [0.15, 0.2) is 34.9 Å². The van der Waals surface area contributed by atoms with Crippen molar-refractivity contribution >= 4 is 0 Å². The van der Waals surface area contributed by atoms with Crippen molar-refractivity contribution in [3.8, 4) is 5.75 Å². The molecule has 156 valence electrons. The van der Waals surface area contributed by atoms with E-state index in [1.54, 1.807) is 7.11 Å². The molecule has 1 aromatic heterocycles. The van der Waals surface area contributed by atoms with E-state index in [-0.39, 0.29) is 0 Å². The van der Waals surface area contributed by atoms with Crippen LogP contribution in [0, 0.1) is 11.8 Å². The summed E-state index contributed by atoms with van der Waals surface area (Å²) >= 11 is 0. The summed E-state index contributed by atoms with van der Waals surface area (Å²) in [5.41, 5.74) is 2.59. The van der Waals surface area contributed by atoms with E-state index in [0.717, 1.165) is 37.1 Å². The lowest BCUT2D eigenvalue weighted by Gasteiger charge is -2.26. The second kappa shape index (κ2) is 8.11. The second-order valence-corrected chi connectivity index (χ2v) is 9.33. The molecular weight excluding hydrogens is 362 g/mol. The van der Waals surface area contributed by atoms with Crippen LogP contribution < -0.4 is 4.74 Å². The fourth-order valence-electron chi connectivity index (χ4n) is 6.00. The highest BCUT2D eigenvalue weighted by Crippen LogP contribution is 2.44. The van der Waals surface area contributed by atoms with Gasteiger partial charge in [-0.25, -0.2) is 0 Å². The molecule has 0 unspecified atom stereocenters. The first-order valence-electron chi connectivity index (χ1n) is 11.2. The smallest absolute Gasteiger partial charge is 0.150 e. The largest absolute Gasteiger partial charge is 0.497 e. The van der Waals surface area contributed by atoms with Crippen molar-refractivity contribution in [3.05, 3.63) is 47.3 Å². The number of nitrogens with zero attached hydrogens (tertiary/aromatic N) is 3. The molecule has 5 heteroatoms. The summed E-state index contributed by atoms with van der Waals surface area (Å²) in [7, 11) is 4.00. The Labute approximate surface area is 174 Å². The van der Waals surface area contributed by atoms with E-state index < -0.39 is 0 Å². The Balaban J connectivity index is 1.24. The van der Waals surface area contributed by atoms with Gasteiger partial charge in [0.25, 0.3) is 0 Å². The van der Waals surface area contributed by atoms with Crippen molar-refractivity contribution in [2.24, 2.45) is 11.8 Å². The normalized spacial score (nSPS) is 28.7. The van der Waals surface area contributed by atoms with Gasteiger partial charge in [-0.2, -0.15) is 0 Å². The molecule has 0 spiro atoms. The lowest BCUT2D eigenvalue weighted by molar-refractivity contribution is 0.210. The quantitative estimate of drug-likeness (QED) is 0.747. The van der Waals surface area contributed by atoms with Crippen molar-refractivity contribution in [3.63, 3.8) is 0 Å². The average molecular weight is 396 g/mol. The van der Waals surface area contributed by atoms with Crippen LogP contribution in [-0.2, 0) is 6.54 Å². The number of benzene rings is 1. The van der Waals surface area contributed by atoms with E-state index >= 15 is 0 Å². The molecular formula is C24H33N3O2. The minimum absolute atomic E-state index is 0.489. The molecule has 2 saturated heterocycles. The van der Waals surface area contributed by atoms with Gasteiger partial charge in [-0.05, 0) is 49.4 Å². The van der Waals surface area contributed by atoms with Gasteiger partial charge in [0.1, 0.15) is 5.75 Å². The number of fused-ring (bicyclic) bond motifs is 1. The molecule has 3 aliphatic rings. The van der Waals surface area contributed by atoms with Crippen LogP contribution in [-0.4, -0.2) is 48.7 Å². The molecule has 0 amide bonds. The Morgan fingerprint density at radius 3 is 2.62 bits per heavy atom. The molecule has 3 atom stereocenters. The SMILES string of the molecule is COc1ccc([C@@H]2[C@@H]3CN(Cc4cc(C5CCCCC5)no4)C[C@@H]3CN2C)cc1. The fraction of sp³-hybridized carbons (Fsp3) is 0.625. The summed E-state index contributed by atoms with van der Waals surface area (Å²) < 4.78 is 11.1. The third-order valence-electron chi connectivity index (χ3n) is 7.41. The zero-order chi connectivity index (χ0) is 19.8. The van der Waals surface area contributed by atoms with Crippen molar-refractivity contribution in [1.29, 1.82) is 0 Å². The molecule has 2 aliphatic heterocycles. The number of aromatic nitrogens is 1. The lowest BCUT2D eigenvalue weighted by Crippen LogP contribution is -2.28. The topological polar surface area (TPSA) is 41.7 Å². The number of hydrogen-bond acceptors (Lipinski definition) is 5. The van der Waals surface area contributed by atoms with Crippen molar-refractivity contribution in [1.82, 2.24) is 15.0 Å². The van der Waals surface area contributed by atoms with Gasteiger partial charge in [0, 0.05) is 37.7 Å². The highest BCUT2D eigenvalue weighted by atomic mass is 16.5. The predicted octanol–water partition coefficient (Wildman–Crippen LogP) is 4.47. The zero-order valence-corrected chi connectivity index (χ0v) is 17.7. The fourth-order valence-corrected chi connectivity index (χ4v) is 6.00. The van der Waals surface area contributed by atoms with E-state index in [0.29, 0.717) is 17.9 Å². The molecule has 1 aliphatic carbocycles. The van der Waals surface area contributed by atoms with Crippen LogP contribution in [0.4, 0.5) is 0 Å². The van der Waals surface area contributed by atoms with Gasteiger partial charge >= 0.3 is 0 Å². The first-order chi connectivity index (χ1) is 14.2. The number of ether oxygens (including phenoxy) is 1. The van der Waals surface area contributed by atoms with Crippen LogP contribution in [0.2, 0.25) is 0 Å². The highest BCUT2D eigenvalue weighted by Gasteiger charge is 2.46. The highest BCUT2D eigenvalue weighted by molar-refractivity contribution is 5.30. The minimum atomic E-state index is 0.489. The summed E-state index contributed by atoms with van der Waals surface area (Å²) in [6, 6.07) is 11.4. The van der Waals surface area contributed by atoms with Gasteiger partial charge in [0.05, 0.1) is 19.3 Å². The van der Waals surface area contributed by atoms with Gasteiger partial charge in [-0.3, -0.25) is 9.80 Å². The first kappa shape index (κ1) is 19.1. The molecule has 0 radical (unpaired) electrons. The van der Waals surface area contributed by atoms with Gasteiger partial charge in [-0.1, -0.05) is 36.6 Å². The summed E-state index contributed by atoms with van der Waals surface area (Å²) in [5.74, 6) is 3.99. The van der Waals surface area contributed by atoms with E-state index in [2.05, 4.69) is 52.3 Å². The van der Waals surface area contributed by atoms with Crippen molar-refractivity contribution in [2.75, 3.05) is 33.8 Å². The van der Waals surface area contributed by atoms with Gasteiger partial charge in [0.2, 0.25) is 0 Å². The minimum Gasteiger partial charge on any atom is -0.497 e. The van der Waals surface area contributed by atoms with E-state index in [4.69, 9.17) is 9.26 Å². The Bertz CT molecular complexity index is 812. The van der Waals surface area contributed by atoms with Crippen LogP contribution in [0.25, 0.3) is 0 Å². The molecule has 29 heavy (non-hydrogen) atoms. The predicted molar refractivity (Wildman–Crippen MR) is 113 cm³/mol. The first-order valence-corrected chi connectivity index (χ1v) is 11.2. The molecule has 0 N–H and O–H groups in total. The van der Waals surface area contributed by atoms with Gasteiger partial charge in [-0.15, -0.1) is 0 Å². The molecule has 1 saturated carbocycles. The molecule has 1 aromatic carbocycles. The molecule has 3 fully saturated rings. The average Bonchev–Trinajstić information content (AvgIpc) is 3.44. The summed E-state index contributed by atoms with van der Waals surface area (Å²) in [4.78, 5) is 5.11. The van der Waals surface area contributed by atoms with Crippen LogP contribution in [0.5, 0.6) is 5.75 Å². The number of methoxy groups -OCH3 is 1. The number of rotatable bonds is 5. The third-order valence-corrected chi connectivity index (χ3v) is 7.41. The van der Waals surface area contributed by atoms with Crippen LogP contribution >= 0.6 is 0 Å². The third kappa shape index (κ3) is 3.82. The number of likely N-dealkylation sites (tertiary alicyclic amines) is 2. The van der Waals surface area contributed by atoms with E-state index in [1.165, 1.54) is 49.9 Å². The monoisotopic (exact) mass is 395 g/mol. The zero-order valence-electron chi connectivity index (χ0n) is 17.7. The Morgan fingerprint density at radius 1 is 1.07 bits per heavy atom. The van der Waals surface area contributed by atoms with Crippen molar-refractivity contribution < 1.29 is 9.26 Å². The standard InChI is InChI=1S/C24H33N3O2/c1-26-13-19-14-27(15-21-12-23(25-29-21)17-6-4-3-5-7-17)16-22(19)24(26)18-8-10-20(28-2)11-9-18/h8-12,17,19,22,24H,3-7,13-16H2,1-2H3/t19-,22+,24+/m0/s1.